The molecule has 4 heteroatoms. The van der Waals surface area contributed by atoms with Crippen molar-refractivity contribution in [1.29, 1.82) is 0 Å². The van der Waals surface area contributed by atoms with Crippen molar-refractivity contribution in [1.82, 2.24) is 15.1 Å². The fraction of sp³-hybridized carbons (Fsp3) is 0.357. The van der Waals surface area contributed by atoms with E-state index in [9.17, 15) is 0 Å². The highest BCUT2D eigenvalue weighted by Gasteiger charge is 2.09. The number of rotatable bonds is 4. The van der Waals surface area contributed by atoms with E-state index >= 15 is 0 Å². The van der Waals surface area contributed by atoms with Crippen LogP contribution in [0.15, 0.2) is 28.9 Å². The third kappa shape index (κ3) is 2.65. The maximum Gasteiger partial charge on any atom is 0.0678 e. The summed E-state index contributed by atoms with van der Waals surface area (Å²) in [4.78, 5) is 0. The van der Waals surface area contributed by atoms with Crippen LogP contribution in [0.5, 0.6) is 0 Å². The largest absolute Gasteiger partial charge is 0.313 e. The molecule has 0 aliphatic carbocycles. The van der Waals surface area contributed by atoms with Gasteiger partial charge in [-0.3, -0.25) is 0 Å². The van der Waals surface area contributed by atoms with Crippen LogP contribution in [0.3, 0.4) is 0 Å². The Labute approximate surface area is 116 Å². The van der Waals surface area contributed by atoms with E-state index in [1.807, 2.05) is 16.9 Å². The Bertz CT molecular complexity index is 546. The molecule has 2 rings (SSSR count). The van der Waals surface area contributed by atoms with Gasteiger partial charge in [0.25, 0.3) is 0 Å². The molecular formula is C14H18BrN3. The van der Waals surface area contributed by atoms with Crippen molar-refractivity contribution in [3.05, 3.63) is 45.7 Å². The first-order valence-electron chi connectivity index (χ1n) is 6.14. The maximum absolute atomic E-state index is 4.49. The molecule has 0 saturated heterocycles. The van der Waals surface area contributed by atoms with E-state index in [1.54, 1.807) is 0 Å². The standard InChI is InChI=1S/C14H18BrN3/c1-4-16-8-12-9-17-18(11(12)3)14-6-5-13(15)7-10(14)2/h5-7,9,16H,4,8H2,1-3H3. The molecule has 0 unspecified atom stereocenters. The summed E-state index contributed by atoms with van der Waals surface area (Å²) in [6.45, 7) is 8.17. The van der Waals surface area contributed by atoms with Gasteiger partial charge in [0.1, 0.15) is 0 Å². The number of aryl methyl sites for hydroxylation is 1. The number of nitrogens with zero attached hydrogens (tertiary/aromatic N) is 2. The predicted molar refractivity (Wildman–Crippen MR) is 78.1 cm³/mol. The van der Waals surface area contributed by atoms with Crippen LogP contribution in [0.1, 0.15) is 23.7 Å². The minimum atomic E-state index is 0.873. The molecule has 0 fully saturated rings. The second-order valence-electron chi connectivity index (χ2n) is 4.38. The number of halogens is 1. The summed E-state index contributed by atoms with van der Waals surface area (Å²) < 4.78 is 3.11. The second-order valence-corrected chi connectivity index (χ2v) is 5.29. The van der Waals surface area contributed by atoms with E-state index < -0.39 is 0 Å². The Morgan fingerprint density at radius 3 is 2.78 bits per heavy atom. The van der Waals surface area contributed by atoms with Crippen LogP contribution in [-0.4, -0.2) is 16.3 Å². The first-order valence-corrected chi connectivity index (χ1v) is 6.93. The number of nitrogens with one attached hydrogen (secondary N) is 1. The van der Waals surface area contributed by atoms with Gasteiger partial charge in [-0.2, -0.15) is 5.10 Å². The number of benzene rings is 1. The molecule has 96 valence electrons. The lowest BCUT2D eigenvalue weighted by Crippen LogP contribution is -2.12. The van der Waals surface area contributed by atoms with Crippen molar-refractivity contribution in [3.63, 3.8) is 0 Å². The second kappa shape index (κ2) is 5.67. The molecule has 0 amide bonds. The number of hydrogen-bond donors (Lipinski definition) is 1. The zero-order chi connectivity index (χ0) is 13.1. The first-order chi connectivity index (χ1) is 8.63. The fourth-order valence-electron chi connectivity index (χ4n) is 1.98. The van der Waals surface area contributed by atoms with Gasteiger partial charge in [0, 0.05) is 22.3 Å². The quantitative estimate of drug-likeness (QED) is 0.938. The van der Waals surface area contributed by atoms with Gasteiger partial charge in [0.05, 0.1) is 11.9 Å². The van der Waals surface area contributed by atoms with Crippen molar-refractivity contribution in [2.75, 3.05) is 6.54 Å². The molecule has 1 aromatic heterocycles. The summed E-state index contributed by atoms with van der Waals surface area (Å²) in [5.74, 6) is 0. The Balaban J connectivity index is 2.36. The topological polar surface area (TPSA) is 29.9 Å². The Morgan fingerprint density at radius 2 is 2.11 bits per heavy atom. The van der Waals surface area contributed by atoms with E-state index in [1.165, 1.54) is 16.8 Å². The molecule has 1 heterocycles. The van der Waals surface area contributed by atoms with Gasteiger partial charge in [-0.25, -0.2) is 4.68 Å². The summed E-state index contributed by atoms with van der Waals surface area (Å²) in [5.41, 5.74) is 4.80. The van der Waals surface area contributed by atoms with Gasteiger partial charge in [-0.1, -0.05) is 22.9 Å². The average molecular weight is 308 g/mol. The molecular weight excluding hydrogens is 290 g/mol. The predicted octanol–water partition coefficient (Wildman–Crippen LogP) is 3.36. The molecule has 0 aliphatic rings. The van der Waals surface area contributed by atoms with Crippen LogP contribution < -0.4 is 5.32 Å². The number of hydrogen-bond acceptors (Lipinski definition) is 2. The average Bonchev–Trinajstić information content (AvgIpc) is 2.68. The van der Waals surface area contributed by atoms with Crippen LogP contribution in [0.25, 0.3) is 5.69 Å². The summed E-state index contributed by atoms with van der Waals surface area (Å²) in [6.07, 6.45) is 1.94. The zero-order valence-electron chi connectivity index (χ0n) is 11.0. The third-order valence-electron chi connectivity index (χ3n) is 3.06. The lowest BCUT2D eigenvalue weighted by molar-refractivity contribution is 0.721. The van der Waals surface area contributed by atoms with Crippen LogP contribution in [-0.2, 0) is 6.54 Å². The Morgan fingerprint density at radius 1 is 1.33 bits per heavy atom. The highest BCUT2D eigenvalue weighted by Crippen LogP contribution is 2.21. The van der Waals surface area contributed by atoms with Crippen molar-refractivity contribution >= 4 is 15.9 Å². The van der Waals surface area contributed by atoms with Gasteiger partial charge in [0.15, 0.2) is 0 Å². The number of aromatic nitrogens is 2. The lowest BCUT2D eigenvalue weighted by atomic mass is 10.2. The molecule has 0 radical (unpaired) electrons. The first kappa shape index (κ1) is 13.3. The van der Waals surface area contributed by atoms with Gasteiger partial charge in [-0.15, -0.1) is 0 Å². The van der Waals surface area contributed by atoms with Gasteiger partial charge in [-0.05, 0) is 44.2 Å². The van der Waals surface area contributed by atoms with E-state index in [0.717, 1.165) is 23.2 Å². The normalized spacial score (nSPS) is 10.9. The molecule has 0 saturated carbocycles. The van der Waals surface area contributed by atoms with Crippen LogP contribution in [0, 0.1) is 13.8 Å². The molecule has 1 N–H and O–H groups in total. The molecule has 0 spiro atoms. The molecule has 3 nitrogen and oxygen atoms in total. The summed E-state index contributed by atoms with van der Waals surface area (Å²) in [7, 11) is 0. The minimum absolute atomic E-state index is 0.873. The highest BCUT2D eigenvalue weighted by molar-refractivity contribution is 9.10. The molecule has 18 heavy (non-hydrogen) atoms. The molecule has 2 aromatic rings. The molecule has 0 bridgehead atoms. The van der Waals surface area contributed by atoms with E-state index in [0.29, 0.717) is 0 Å². The monoisotopic (exact) mass is 307 g/mol. The highest BCUT2D eigenvalue weighted by atomic mass is 79.9. The summed E-state index contributed by atoms with van der Waals surface area (Å²) >= 11 is 3.49. The van der Waals surface area contributed by atoms with Crippen molar-refractivity contribution in [2.45, 2.75) is 27.3 Å². The van der Waals surface area contributed by atoms with Crippen LogP contribution in [0.4, 0.5) is 0 Å². The van der Waals surface area contributed by atoms with E-state index in [-0.39, 0.29) is 0 Å². The minimum Gasteiger partial charge on any atom is -0.313 e. The maximum atomic E-state index is 4.49. The van der Waals surface area contributed by atoms with E-state index in [4.69, 9.17) is 0 Å². The van der Waals surface area contributed by atoms with Gasteiger partial charge >= 0.3 is 0 Å². The van der Waals surface area contributed by atoms with Gasteiger partial charge in [0.2, 0.25) is 0 Å². The van der Waals surface area contributed by atoms with Crippen LogP contribution >= 0.6 is 15.9 Å². The fourth-order valence-corrected chi connectivity index (χ4v) is 2.45. The van der Waals surface area contributed by atoms with E-state index in [2.05, 4.69) is 59.2 Å². The Kier molecular flexibility index (Phi) is 4.19. The molecule has 1 aromatic carbocycles. The van der Waals surface area contributed by atoms with Crippen molar-refractivity contribution < 1.29 is 0 Å². The lowest BCUT2D eigenvalue weighted by Gasteiger charge is -2.09. The van der Waals surface area contributed by atoms with Crippen molar-refractivity contribution in [2.24, 2.45) is 0 Å². The summed E-state index contributed by atoms with van der Waals surface area (Å²) in [5, 5.41) is 7.82. The van der Waals surface area contributed by atoms with Crippen LogP contribution in [0.2, 0.25) is 0 Å². The molecule has 0 atom stereocenters. The smallest absolute Gasteiger partial charge is 0.0678 e. The Hall–Kier alpha value is -1.13. The third-order valence-corrected chi connectivity index (χ3v) is 3.56. The molecule has 0 aliphatic heterocycles. The zero-order valence-corrected chi connectivity index (χ0v) is 12.6. The van der Waals surface area contributed by atoms with Crippen molar-refractivity contribution in [3.8, 4) is 5.69 Å². The van der Waals surface area contributed by atoms with Gasteiger partial charge < -0.3 is 5.32 Å². The SMILES string of the molecule is CCNCc1cnn(-c2ccc(Br)cc2C)c1C. The summed E-state index contributed by atoms with van der Waals surface area (Å²) in [6, 6.07) is 6.25.